The maximum atomic E-state index is 12.0. The van der Waals surface area contributed by atoms with Gasteiger partial charge in [0.25, 0.3) is 5.91 Å². The molecule has 0 aliphatic heterocycles. The average Bonchev–Trinajstić information content (AvgIpc) is 2.46. The lowest BCUT2D eigenvalue weighted by molar-refractivity contribution is 0.0950. The quantitative estimate of drug-likeness (QED) is 0.920. The monoisotopic (exact) mass is 270 g/mol. The van der Waals surface area contributed by atoms with E-state index in [0.717, 1.165) is 11.4 Å². The molecule has 0 unspecified atom stereocenters. The van der Waals surface area contributed by atoms with E-state index in [9.17, 15) is 4.79 Å². The van der Waals surface area contributed by atoms with Gasteiger partial charge in [-0.25, -0.2) is 9.97 Å². The van der Waals surface area contributed by atoms with Crippen molar-refractivity contribution in [3.05, 3.63) is 53.5 Å². The summed E-state index contributed by atoms with van der Waals surface area (Å²) in [5.41, 5.74) is 1.77. The maximum Gasteiger partial charge on any atom is 0.251 e. The highest BCUT2D eigenvalue weighted by Crippen LogP contribution is 2.06. The number of nitrogens with zero attached hydrogens (tertiary/aromatic N) is 3. The molecule has 5 heteroatoms. The summed E-state index contributed by atoms with van der Waals surface area (Å²) < 4.78 is 0. The third-order valence-electron chi connectivity index (χ3n) is 2.87. The fourth-order valence-corrected chi connectivity index (χ4v) is 1.69. The van der Waals surface area contributed by atoms with Crippen molar-refractivity contribution < 1.29 is 4.79 Å². The van der Waals surface area contributed by atoms with Gasteiger partial charge in [-0.2, -0.15) is 0 Å². The highest BCUT2D eigenvalue weighted by Gasteiger charge is 2.06. The lowest BCUT2D eigenvalue weighted by Gasteiger charge is -2.11. The first kappa shape index (κ1) is 14.0. The van der Waals surface area contributed by atoms with E-state index < -0.39 is 0 Å². The zero-order valence-corrected chi connectivity index (χ0v) is 11.9. The Morgan fingerprint density at radius 2 is 1.90 bits per heavy atom. The second kappa shape index (κ2) is 6.14. The molecule has 0 bridgehead atoms. The van der Waals surface area contributed by atoms with Gasteiger partial charge in [0.05, 0.1) is 6.54 Å². The predicted octanol–water partition coefficient (Wildman–Crippen LogP) is 1.78. The van der Waals surface area contributed by atoms with Crippen LogP contribution in [0.25, 0.3) is 0 Å². The molecule has 1 amide bonds. The Morgan fingerprint density at radius 1 is 1.20 bits per heavy atom. The van der Waals surface area contributed by atoms with E-state index in [0.29, 0.717) is 17.9 Å². The maximum absolute atomic E-state index is 12.0. The Hall–Kier alpha value is -2.43. The minimum atomic E-state index is -0.121. The molecule has 0 saturated heterocycles. The molecule has 2 rings (SSSR count). The third kappa shape index (κ3) is 3.54. The Labute approximate surface area is 118 Å². The normalized spacial score (nSPS) is 10.2. The molecule has 1 aromatic carbocycles. The molecule has 0 atom stereocenters. The number of aryl methyl sites for hydroxylation is 1. The molecule has 5 nitrogen and oxygen atoms in total. The Morgan fingerprint density at radius 3 is 2.55 bits per heavy atom. The fourth-order valence-electron chi connectivity index (χ4n) is 1.69. The molecule has 0 spiro atoms. The van der Waals surface area contributed by atoms with Crippen molar-refractivity contribution >= 4 is 11.7 Å². The van der Waals surface area contributed by atoms with Crippen molar-refractivity contribution in [2.75, 3.05) is 19.0 Å². The Balaban J connectivity index is 1.99. The van der Waals surface area contributed by atoms with E-state index in [-0.39, 0.29) is 5.91 Å². The van der Waals surface area contributed by atoms with Crippen LogP contribution in [-0.4, -0.2) is 30.0 Å². The molecule has 0 fully saturated rings. The van der Waals surface area contributed by atoms with Crippen LogP contribution in [0.3, 0.4) is 0 Å². The van der Waals surface area contributed by atoms with Crippen LogP contribution in [0.1, 0.15) is 21.7 Å². The first-order valence-corrected chi connectivity index (χ1v) is 6.40. The number of benzene rings is 1. The summed E-state index contributed by atoms with van der Waals surface area (Å²) in [6.45, 7) is 2.30. The Kier molecular flexibility index (Phi) is 4.30. The fraction of sp³-hybridized carbons (Fsp3) is 0.267. The standard InChI is InChI=1S/C15H18N4O/c1-11-4-6-12(7-5-11)15(20)17-10-13-16-9-8-14(18-13)19(2)3/h4-9H,10H2,1-3H3,(H,17,20). The van der Waals surface area contributed by atoms with E-state index in [4.69, 9.17) is 0 Å². The van der Waals surface area contributed by atoms with Gasteiger partial charge < -0.3 is 10.2 Å². The van der Waals surface area contributed by atoms with E-state index in [1.165, 1.54) is 0 Å². The summed E-state index contributed by atoms with van der Waals surface area (Å²) in [4.78, 5) is 22.4. The highest BCUT2D eigenvalue weighted by molar-refractivity contribution is 5.94. The molecule has 104 valence electrons. The van der Waals surface area contributed by atoms with Crippen LogP contribution in [-0.2, 0) is 6.54 Å². The summed E-state index contributed by atoms with van der Waals surface area (Å²) in [6, 6.07) is 9.27. The van der Waals surface area contributed by atoms with Crippen molar-refractivity contribution in [3.8, 4) is 0 Å². The van der Waals surface area contributed by atoms with Crippen LogP contribution in [0, 0.1) is 6.92 Å². The zero-order chi connectivity index (χ0) is 14.5. The lowest BCUT2D eigenvalue weighted by Crippen LogP contribution is -2.24. The Bertz CT molecular complexity index is 593. The topological polar surface area (TPSA) is 58.1 Å². The van der Waals surface area contributed by atoms with Crippen LogP contribution < -0.4 is 10.2 Å². The SMILES string of the molecule is Cc1ccc(C(=O)NCc2nccc(N(C)C)n2)cc1. The average molecular weight is 270 g/mol. The minimum Gasteiger partial charge on any atom is -0.363 e. The van der Waals surface area contributed by atoms with Gasteiger partial charge in [-0.15, -0.1) is 0 Å². The van der Waals surface area contributed by atoms with Crippen LogP contribution >= 0.6 is 0 Å². The number of aromatic nitrogens is 2. The second-order valence-corrected chi connectivity index (χ2v) is 4.77. The van der Waals surface area contributed by atoms with Gasteiger partial charge in [-0.1, -0.05) is 17.7 Å². The van der Waals surface area contributed by atoms with Gasteiger partial charge in [0.2, 0.25) is 0 Å². The number of hydrogen-bond donors (Lipinski definition) is 1. The second-order valence-electron chi connectivity index (χ2n) is 4.77. The molecular weight excluding hydrogens is 252 g/mol. The van der Waals surface area contributed by atoms with Gasteiger partial charge >= 0.3 is 0 Å². The van der Waals surface area contributed by atoms with Gasteiger partial charge in [-0.05, 0) is 25.1 Å². The van der Waals surface area contributed by atoms with Gasteiger partial charge in [0, 0.05) is 25.9 Å². The predicted molar refractivity (Wildman–Crippen MR) is 78.7 cm³/mol. The first-order chi connectivity index (χ1) is 9.56. The van der Waals surface area contributed by atoms with E-state index in [2.05, 4.69) is 15.3 Å². The number of hydrogen-bond acceptors (Lipinski definition) is 4. The summed E-state index contributed by atoms with van der Waals surface area (Å²) in [7, 11) is 3.83. The lowest BCUT2D eigenvalue weighted by atomic mass is 10.1. The number of carbonyl (C=O) groups excluding carboxylic acids is 1. The summed E-state index contributed by atoms with van der Waals surface area (Å²) in [6.07, 6.45) is 1.69. The van der Waals surface area contributed by atoms with Gasteiger partial charge in [0.15, 0.2) is 0 Å². The molecular formula is C15H18N4O. The number of nitrogens with one attached hydrogen (secondary N) is 1. The summed E-state index contributed by atoms with van der Waals surface area (Å²) >= 11 is 0. The van der Waals surface area contributed by atoms with Crippen LogP contribution in [0.4, 0.5) is 5.82 Å². The molecule has 0 radical (unpaired) electrons. The minimum absolute atomic E-state index is 0.121. The zero-order valence-electron chi connectivity index (χ0n) is 11.9. The largest absolute Gasteiger partial charge is 0.363 e. The van der Waals surface area contributed by atoms with Gasteiger partial charge in [-0.3, -0.25) is 4.79 Å². The first-order valence-electron chi connectivity index (χ1n) is 6.40. The van der Waals surface area contributed by atoms with Crippen LogP contribution in [0.5, 0.6) is 0 Å². The van der Waals surface area contributed by atoms with Crippen molar-refractivity contribution in [1.29, 1.82) is 0 Å². The van der Waals surface area contributed by atoms with Crippen molar-refractivity contribution in [2.45, 2.75) is 13.5 Å². The van der Waals surface area contributed by atoms with Crippen molar-refractivity contribution in [2.24, 2.45) is 0 Å². The molecule has 2 aromatic rings. The van der Waals surface area contributed by atoms with Crippen molar-refractivity contribution in [3.63, 3.8) is 0 Å². The molecule has 0 aliphatic carbocycles. The molecule has 1 aromatic heterocycles. The molecule has 20 heavy (non-hydrogen) atoms. The molecule has 1 heterocycles. The van der Waals surface area contributed by atoms with E-state index >= 15 is 0 Å². The van der Waals surface area contributed by atoms with Crippen LogP contribution in [0.15, 0.2) is 36.5 Å². The number of rotatable bonds is 4. The number of amides is 1. The summed E-state index contributed by atoms with van der Waals surface area (Å²) in [5.74, 6) is 1.29. The smallest absolute Gasteiger partial charge is 0.251 e. The van der Waals surface area contributed by atoms with Crippen LogP contribution in [0.2, 0.25) is 0 Å². The number of carbonyl (C=O) groups is 1. The summed E-state index contributed by atoms with van der Waals surface area (Å²) in [5, 5.41) is 2.82. The molecule has 0 aliphatic rings. The van der Waals surface area contributed by atoms with Crippen molar-refractivity contribution in [1.82, 2.24) is 15.3 Å². The van der Waals surface area contributed by atoms with E-state index in [1.54, 1.807) is 6.20 Å². The molecule has 0 saturated carbocycles. The number of anilines is 1. The molecule has 1 N–H and O–H groups in total. The third-order valence-corrected chi connectivity index (χ3v) is 2.87. The highest BCUT2D eigenvalue weighted by atomic mass is 16.1. The van der Waals surface area contributed by atoms with Gasteiger partial charge in [0.1, 0.15) is 11.6 Å². The van der Waals surface area contributed by atoms with E-state index in [1.807, 2.05) is 56.3 Å².